The summed E-state index contributed by atoms with van der Waals surface area (Å²) in [5, 5.41) is 9.67. The number of aromatic nitrogens is 3. The van der Waals surface area contributed by atoms with Crippen molar-refractivity contribution in [2.24, 2.45) is 0 Å². The molecule has 0 N–H and O–H groups in total. The normalized spacial score (nSPS) is 10.8. The predicted molar refractivity (Wildman–Crippen MR) is 84.2 cm³/mol. The number of hydrogen-bond acceptors (Lipinski definition) is 5. The van der Waals surface area contributed by atoms with Crippen LogP contribution >= 0.6 is 23.4 Å². The maximum atomic E-state index is 5.82. The molecule has 0 aliphatic carbocycles. The van der Waals surface area contributed by atoms with E-state index >= 15 is 0 Å². The molecule has 7 heteroatoms. The van der Waals surface area contributed by atoms with Gasteiger partial charge in [-0.2, -0.15) is 0 Å². The molecule has 5 nitrogen and oxygen atoms in total. The first kappa shape index (κ1) is 16.1. The van der Waals surface area contributed by atoms with E-state index in [2.05, 4.69) is 10.2 Å². The number of benzene rings is 1. The maximum absolute atomic E-state index is 5.82. The Morgan fingerprint density at radius 1 is 1.24 bits per heavy atom. The summed E-state index contributed by atoms with van der Waals surface area (Å²) in [6.07, 6.45) is 2.70. The van der Waals surface area contributed by atoms with Crippen LogP contribution in [0.2, 0.25) is 5.02 Å². The highest BCUT2D eigenvalue weighted by molar-refractivity contribution is 7.99. The Kier molecular flexibility index (Phi) is 6.85. The molecule has 21 heavy (non-hydrogen) atoms. The lowest BCUT2D eigenvalue weighted by molar-refractivity contribution is 0.189. The molecule has 0 saturated heterocycles. The van der Waals surface area contributed by atoms with Crippen LogP contribution in [0.4, 0.5) is 0 Å². The van der Waals surface area contributed by atoms with E-state index in [1.165, 1.54) is 0 Å². The van der Waals surface area contributed by atoms with E-state index in [9.17, 15) is 0 Å². The Bertz CT molecular complexity index is 533. The summed E-state index contributed by atoms with van der Waals surface area (Å²) in [5.74, 6) is 1.63. The second kappa shape index (κ2) is 8.92. The number of aryl methyl sites for hydroxylation is 1. The fourth-order valence-electron chi connectivity index (χ4n) is 1.71. The topological polar surface area (TPSA) is 49.2 Å². The first-order valence-corrected chi connectivity index (χ1v) is 8.04. The molecular weight excluding hydrogens is 310 g/mol. The Balaban J connectivity index is 1.71. The Hall–Kier alpha value is -1.24. The molecular formula is C14H18ClN3O2S. The summed E-state index contributed by atoms with van der Waals surface area (Å²) in [6, 6.07) is 7.35. The van der Waals surface area contributed by atoms with Gasteiger partial charge in [0.15, 0.2) is 5.16 Å². The maximum Gasteiger partial charge on any atom is 0.191 e. The minimum absolute atomic E-state index is 0.608. The standard InChI is InChI=1S/C14H18ClN3O2S/c1-19-8-2-7-18-11-16-17-14(18)21-10-9-20-13-5-3-12(15)4-6-13/h3-6,11H,2,7-10H2,1H3. The number of methoxy groups -OCH3 is 1. The summed E-state index contributed by atoms with van der Waals surface area (Å²) in [4.78, 5) is 0. The van der Waals surface area contributed by atoms with Crippen LogP contribution in [-0.4, -0.2) is 40.8 Å². The number of nitrogens with zero attached hydrogens (tertiary/aromatic N) is 3. The Morgan fingerprint density at radius 2 is 2.05 bits per heavy atom. The van der Waals surface area contributed by atoms with Gasteiger partial charge in [-0.05, 0) is 30.7 Å². The van der Waals surface area contributed by atoms with Crippen molar-refractivity contribution in [3.63, 3.8) is 0 Å². The molecule has 0 bridgehead atoms. The number of ether oxygens (including phenoxy) is 2. The van der Waals surface area contributed by atoms with E-state index in [-0.39, 0.29) is 0 Å². The number of hydrogen-bond donors (Lipinski definition) is 0. The van der Waals surface area contributed by atoms with Gasteiger partial charge in [0.05, 0.1) is 6.61 Å². The summed E-state index contributed by atoms with van der Waals surface area (Å²) in [6.45, 7) is 2.21. The first-order valence-electron chi connectivity index (χ1n) is 6.67. The van der Waals surface area contributed by atoms with Crippen LogP contribution in [-0.2, 0) is 11.3 Å². The fraction of sp³-hybridized carbons (Fsp3) is 0.429. The first-order chi connectivity index (χ1) is 10.3. The second-order valence-electron chi connectivity index (χ2n) is 4.30. The molecule has 0 aliphatic rings. The van der Waals surface area contributed by atoms with Crippen LogP contribution in [0.3, 0.4) is 0 Å². The third-order valence-corrected chi connectivity index (χ3v) is 3.92. The molecule has 0 atom stereocenters. The second-order valence-corrected chi connectivity index (χ2v) is 5.80. The predicted octanol–water partition coefficient (Wildman–Crippen LogP) is 3.14. The average molecular weight is 328 g/mol. The van der Waals surface area contributed by atoms with Gasteiger partial charge in [0, 0.05) is 31.0 Å². The lowest BCUT2D eigenvalue weighted by Crippen LogP contribution is -2.04. The molecule has 0 radical (unpaired) electrons. The van der Waals surface area contributed by atoms with E-state index in [4.69, 9.17) is 21.1 Å². The van der Waals surface area contributed by atoms with Crippen LogP contribution < -0.4 is 4.74 Å². The molecule has 0 unspecified atom stereocenters. The number of halogens is 1. The Morgan fingerprint density at radius 3 is 2.81 bits per heavy atom. The van der Waals surface area contributed by atoms with E-state index in [0.29, 0.717) is 11.6 Å². The van der Waals surface area contributed by atoms with Crippen LogP contribution in [0.1, 0.15) is 6.42 Å². The summed E-state index contributed by atoms with van der Waals surface area (Å²) in [5.41, 5.74) is 0. The minimum atomic E-state index is 0.608. The van der Waals surface area contributed by atoms with Crippen molar-refractivity contribution in [3.05, 3.63) is 35.6 Å². The van der Waals surface area contributed by atoms with Gasteiger partial charge in [-0.1, -0.05) is 23.4 Å². The highest BCUT2D eigenvalue weighted by Gasteiger charge is 2.04. The molecule has 2 aromatic rings. The number of thioether (sulfide) groups is 1. The zero-order valence-corrected chi connectivity index (χ0v) is 13.4. The minimum Gasteiger partial charge on any atom is -0.493 e. The smallest absolute Gasteiger partial charge is 0.191 e. The molecule has 2 rings (SSSR count). The zero-order valence-electron chi connectivity index (χ0n) is 11.9. The Labute approximate surface area is 133 Å². The highest BCUT2D eigenvalue weighted by Crippen LogP contribution is 2.18. The van der Waals surface area contributed by atoms with Crippen molar-refractivity contribution in [1.29, 1.82) is 0 Å². The monoisotopic (exact) mass is 327 g/mol. The van der Waals surface area contributed by atoms with Crippen molar-refractivity contribution < 1.29 is 9.47 Å². The molecule has 0 spiro atoms. The van der Waals surface area contributed by atoms with Gasteiger partial charge < -0.3 is 14.0 Å². The van der Waals surface area contributed by atoms with Crippen molar-refractivity contribution in [1.82, 2.24) is 14.8 Å². The molecule has 0 fully saturated rings. The average Bonchev–Trinajstić information content (AvgIpc) is 2.93. The van der Waals surface area contributed by atoms with Gasteiger partial charge in [-0.3, -0.25) is 0 Å². The van der Waals surface area contributed by atoms with Gasteiger partial charge in [-0.15, -0.1) is 10.2 Å². The SMILES string of the molecule is COCCCn1cnnc1SCCOc1ccc(Cl)cc1. The van der Waals surface area contributed by atoms with Gasteiger partial charge >= 0.3 is 0 Å². The lowest BCUT2D eigenvalue weighted by Gasteiger charge is -2.07. The molecule has 114 valence electrons. The zero-order chi connectivity index (χ0) is 14.9. The third-order valence-electron chi connectivity index (χ3n) is 2.72. The summed E-state index contributed by atoms with van der Waals surface area (Å²) >= 11 is 7.46. The van der Waals surface area contributed by atoms with Crippen LogP contribution in [0.15, 0.2) is 35.7 Å². The molecule has 0 amide bonds. The summed E-state index contributed by atoms with van der Waals surface area (Å²) < 4.78 is 12.7. The van der Waals surface area contributed by atoms with Gasteiger partial charge in [0.25, 0.3) is 0 Å². The van der Waals surface area contributed by atoms with Crippen LogP contribution in [0.5, 0.6) is 5.75 Å². The highest BCUT2D eigenvalue weighted by atomic mass is 35.5. The summed E-state index contributed by atoms with van der Waals surface area (Å²) in [7, 11) is 1.70. The lowest BCUT2D eigenvalue weighted by atomic mass is 10.3. The van der Waals surface area contributed by atoms with Crippen molar-refractivity contribution in [2.45, 2.75) is 18.1 Å². The number of rotatable bonds is 9. The molecule has 1 aromatic carbocycles. The van der Waals surface area contributed by atoms with Crippen LogP contribution in [0.25, 0.3) is 0 Å². The van der Waals surface area contributed by atoms with Gasteiger partial charge in [0.2, 0.25) is 0 Å². The van der Waals surface area contributed by atoms with Crippen molar-refractivity contribution in [2.75, 3.05) is 26.1 Å². The van der Waals surface area contributed by atoms with Gasteiger partial charge in [-0.25, -0.2) is 0 Å². The van der Waals surface area contributed by atoms with E-state index in [0.717, 1.165) is 36.2 Å². The van der Waals surface area contributed by atoms with Crippen molar-refractivity contribution in [3.8, 4) is 5.75 Å². The largest absolute Gasteiger partial charge is 0.493 e. The van der Waals surface area contributed by atoms with Gasteiger partial charge in [0.1, 0.15) is 12.1 Å². The van der Waals surface area contributed by atoms with Crippen molar-refractivity contribution >= 4 is 23.4 Å². The van der Waals surface area contributed by atoms with Crippen LogP contribution in [0, 0.1) is 0 Å². The molecule has 1 aromatic heterocycles. The van der Waals surface area contributed by atoms with E-state index in [1.54, 1.807) is 25.2 Å². The van der Waals surface area contributed by atoms with E-state index < -0.39 is 0 Å². The fourth-order valence-corrected chi connectivity index (χ4v) is 2.60. The molecule has 0 aliphatic heterocycles. The third kappa shape index (κ3) is 5.57. The van der Waals surface area contributed by atoms with E-state index in [1.807, 2.05) is 28.8 Å². The molecule has 1 heterocycles. The quantitative estimate of drug-likeness (QED) is 0.523. The molecule has 0 saturated carbocycles.